The molecule has 7 nitrogen and oxygen atoms in total. The van der Waals surface area contributed by atoms with Crippen molar-refractivity contribution < 1.29 is 14.3 Å². The van der Waals surface area contributed by atoms with Crippen molar-refractivity contribution >= 4 is 17.6 Å². The molecule has 1 unspecified atom stereocenters. The van der Waals surface area contributed by atoms with Crippen LogP contribution in [0.1, 0.15) is 45.2 Å². The van der Waals surface area contributed by atoms with Crippen LogP contribution >= 0.6 is 0 Å². The molecule has 1 aliphatic rings. The Hall–Kier alpha value is -2.12. The second-order valence-electron chi connectivity index (χ2n) is 6.69. The highest BCUT2D eigenvalue weighted by Crippen LogP contribution is 2.21. The summed E-state index contributed by atoms with van der Waals surface area (Å²) in [5, 5.41) is 5.86. The van der Waals surface area contributed by atoms with Gasteiger partial charge in [-0.2, -0.15) is 0 Å². The van der Waals surface area contributed by atoms with E-state index in [1.54, 1.807) is 4.90 Å². The third-order valence-electron chi connectivity index (χ3n) is 4.90. The first-order chi connectivity index (χ1) is 12.4. The summed E-state index contributed by atoms with van der Waals surface area (Å²) < 4.78 is 5.28. The Balaban J connectivity index is 1.94. The number of benzene rings is 1. The summed E-state index contributed by atoms with van der Waals surface area (Å²) in [7, 11) is 0. The van der Waals surface area contributed by atoms with E-state index in [0.29, 0.717) is 39.1 Å². The molecule has 0 radical (unpaired) electrons. The van der Waals surface area contributed by atoms with Gasteiger partial charge in [0.05, 0.1) is 11.6 Å². The Morgan fingerprint density at radius 1 is 1.19 bits per heavy atom. The van der Waals surface area contributed by atoms with Gasteiger partial charge in [-0.05, 0) is 51.3 Å². The Labute approximate surface area is 155 Å². The molecule has 1 aromatic rings. The summed E-state index contributed by atoms with van der Waals surface area (Å²) in [4.78, 5) is 26.3. The van der Waals surface area contributed by atoms with Gasteiger partial charge in [-0.25, -0.2) is 4.79 Å². The van der Waals surface area contributed by atoms with Crippen LogP contribution in [-0.2, 0) is 9.53 Å². The van der Waals surface area contributed by atoms with Crippen LogP contribution in [0.4, 0.5) is 10.5 Å². The molecule has 0 aliphatic carbocycles. The molecule has 4 N–H and O–H groups in total. The van der Waals surface area contributed by atoms with Crippen molar-refractivity contribution in [2.45, 2.75) is 45.2 Å². The number of nitrogens with two attached hydrogens (primary N) is 1. The Kier molecular flexibility index (Phi) is 6.99. The summed E-state index contributed by atoms with van der Waals surface area (Å²) in [6.07, 6.45) is 1.06. The molecule has 0 spiro atoms. The van der Waals surface area contributed by atoms with Crippen LogP contribution in [0.15, 0.2) is 24.3 Å². The fourth-order valence-electron chi connectivity index (χ4n) is 2.95. The summed E-state index contributed by atoms with van der Waals surface area (Å²) >= 11 is 0. The molecule has 3 amide bonds. The van der Waals surface area contributed by atoms with Crippen LogP contribution in [0.5, 0.6) is 0 Å². The average Bonchev–Trinajstić information content (AvgIpc) is 2.64. The number of nitrogens with one attached hydrogen (secondary N) is 2. The van der Waals surface area contributed by atoms with E-state index in [4.69, 9.17) is 10.5 Å². The highest BCUT2D eigenvalue weighted by atomic mass is 16.5. The molecule has 1 aliphatic heterocycles. The van der Waals surface area contributed by atoms with Crippen LogP contribution in [0.2, 0.25) is 0 Å². The van der Waals surface area contributed by atoms with Crippen LogP contribution in [0.25, 0.3) is 0 Å². The number of nitrogens with zero attached hydrogens (tertiary/aromatic N) is 1. The number of ether oxygens (including phenoxy) is 1. The molecule has 1 fully saturated rings. The number of carbonyl (C=O) groups excluding carboxylic acids is 2. The first-order valence-corrected chi connectivity index (χ1v) is 9.23. The van der Waals surface area contributed by atoms with E-state index in [0.717, 1.165) is 11.3 Å². The van der Waals surface area contributed by atoms with Crippen molar-refractivity contribution in [3.05, 3.63) is 29.8 Å². The first kappa shape index (κ1) is 20.2. The number of rotatable bonds is 6. The van der Waals surface area contributed by atoms with Crippen molar-refractivity contribution in [3.63, 3.8) is 0 Å². The molecule has 1 heterocycles. The van der Waals surface area contributed by atoms with Crippen molar-refractivity contribution in [2.24, 2.45) is 5.73 Å². The third kappa shape index (κ3) is 4.95. The number of hydrogen-bond donors (Lipinski definition) is 3. The van der Waals surface area contributed by atoms with Crippen molar-refractivity contribution in [1.29, 1.82) is 0 Å². The maximum absolute atomic E-state index is 12.5. The zero-order valence-corrected chi connectivity index (χ0v) is 15.9. The molecular formula is C19H30N4O3. The largest absolute Gasteiger partial charge is 0.381 e. The lowest BCUT2D eigenvalue weighted by Gasteiger charge is -2.33. The third-order valence-corrected chi connectivity index (χ3v) is 4.90. The van der Waals surface area contributed by atoms with Crippen LogP contribution in [-0.4, -0.2) is 48.7 Å². The quantitative estimate of drug-likeness (QED) is 0.723. The fraction of sp³-hybridized carbons (Fsp3) is 0.579. The Morgan fingerprint density at radius 3 is 2.31 bits per heavy atom. The lowest BCUT2D eigenvalue weighted by molar-refractivity contribution is -0.130. The van der Waals surface area contributed by atoms with Gasteiger partial charge in [-0.1, -0.05) is 12.1 Å². The molecular weight excluding hydrogens is 332 g/mol. The van der Waals surface area contributed by atoms with E-state index in [9.17, 15) is 9.59 Å². The molecule has 1 aromatic carbocycles. The van der Waals surface area contributed by atoms with Gasteiger partial charge in [-0.3, -0.25) is 4.79 Å². The number of carbonyl (C=O) groups is 2. The van der Waals surface area contributed by atoms with E-state index in [2.05, 4.69) is 10.6 Å². The maximum atomic E-state index is 12.5. The normalized spacial score (nSPS) is 17.2. The Bertz CT molecular complexity index is 608. The second-order valence-corrected chi connectivity index (χ2v) is 6.69. The van der Waals surface area contributed by atoms with E-state index >= 15 is 0 Å². The van der Waals surface area contributed by atoms with E-state index in [-0.39, 0.29) is 18.0 Å². The highest BCUT2D eigenvalue weighted by molar-refractivity contribution is 5.89. The summed E-state index contributed by atoms with van der Waals surface area (Å²) in [6, 6.07) is 7.19. The first-order valence-electron chi connectivity index (χ1n) is 9.23. The molecule has 1 atom stereocenters. The number of hydrogen-bond acceptors (Lipinski definition) is 4. The average molecular weight is 362 g/mol. The van der Waals surface area contributed by atoms with Crippen molar-refractivity contribution in [2.75, 3.05) is 31.6 Å². The minimum absolute atomic E-state index is 0.117. The van der Waals surface area contributed by atoms with Crippen LogP contribution in [0, 0.1) is 0 Å². The highest BCUT2D eigenvalue weighted by Gasteiger charge is 2.36. The standard InChI is InChI=1S/C19H30N4O3/c1-4-23(5-2)18(25)22-16-8-6-15(7-9-16)14(3)21-17(24)19(20)10-12-26-13-11-19/h6-9,14H,4-5,10-13,20H2,1-3H3,(H,21,24)(H,22,25). The van der Waals surface area contributed by atoms with Gasteiger partial charge in [0.25, 0.3) is 0 Å². The lowest BCUT2D eigenvalue weighted by Crippen LogP contribution is -2.57. The van der Waals surface area contributed by atoms with Crippen LogP contribution in [0.3, 0.4) is 0 Å². The van der Waals surface area contributed by atoms with Gasteiger partial charge >= 0.3 is 6.03 Å². The zero-order chi connectivity index (χ0) is 19.2. The topological polar surface area (TPSA) is 96.7 Å². The van der Waals surface area contributed by atoms with Gasteiger partial charge in [0.1, 0.15) is 0 Å². The Morgan fingerprint density at radius 2 is 1.77 bits per heavy atom. The van der Waals surface area contributed by atoms with Crippen molar-refractivity contribution in [1.82, 2.24) is 10.2 Å². The van der Waals surface area contributed by atoms with E-state index in [1.165, 1.54) is 0 Å². The number of amides is 3. The molecule has 144 valence electrons. The second kappa shape index (κ2) is 9.00. The molecule has 0 bridgehead atoms. The van der Waals surface area contributed by atoms with Gasteiger partial charge in [-0.15, -0.1) is 0 Å². The monoisotopic (exact) mass is 362 g/mol. The minimum atomic E-state index is -0.857. The van der Waals surface area contributed by atoms with Gasteiger partial charge < -0.3 is 26.0 Å². The SMILES string of the molecule is CCN(CC)C(=O)Nc1ccc(C(C)NC(=O)C2(N)CCOCC2)cc1. The molecule has 2 rings (SSSR count). The molecule has 26 heavy (non-hydrogen) atoms. The van der Waals surface area contributed by atoms with Crippen LogP contribution < -0.4 is 16.4 Å². The zero-order valence-electron chi connectivity index (χ0n) is 15.9. The number of urea groups is 1. The van der Waals surface area contributed by atoms with Crippen molar-refractivity contribution in [3.8, 4) is 0 Å². The minimum Gasteiger partial charge on any atom is -0.381 e. The molecule has 0 saturated carbocycles. The van der Waals surface area contributed by atoms with E-state index < -0.39 is 5.54 Å². The van der Waals surface area contributed by atoms with Gasteiger partial charge in [0, 0.05) is 32.0 Å². The molecule has 7 heteroatoms. The van der Waals surface area contributed by atoms with Gasteiger partial charge in [0.2, 0.25) is 5.91 Å². The summed E-state index contributed by atoms with van der Waals surface area (Å²) in [5.41, 5.74) is 7.04. The summed E-state index contributed by atoms with van der Waals surface area (Å²) in [5.74, 6) is -0.146. The molecule has 1 saturated heterocycles. The maximum Gasteiger partial charge on any atom is 0.321 e. The summed E-state index contributed by atoms with van der Waals surface area (Å²) in [6.45, 7) is 8.16. The fourth-order valence-corrected chi connectivity index (χ4v) is 2.95. The predicted octanol–water partition coefficient (Wildman–Crippen LogP) is 2.25. The molecule has 0 aromatic heterocycles. The smallest absolute Gasteiger partial charge is 0.321 e. The van der Waals surface area contributed by atoms with E-state index in [1.807, 2.05) is 45.0 Å². The lowest BCUT2D eigenvalue weighted by atomic mass is 9.90. The number of anilines is 1. The van der Waals surface area contributed by atoms with Gasteiger partial charge in [0.15, 0.2) is 0 Å². The predicted molar refractivity (Wildman–Crippen MR) is 102 cm³/mol.